The van der Waals surface area contributed by atoms with Crippen LogP contribution in [0.3, 0.4) is 0 Å². The van der Waals surface area contributed by atoms with Gasteiger partial charge in [0.15, 0.2) is 5.13 Å². The lowest BCUT2D eigenvalue weighted by molar-refractivity contribution is -0.137. The Kier molecular flexibility index (Phi) is 5.18. The second-order valence-corrected chi connectivity index (χ2v) is 6.63. The lowest BCUT2D eigenvalue weighted by atomic mass is 10.1. The highest BCUT2D eigenvalue weighted by Crippen LogP contribution is 2.33. The number of alkyl halides is 3. The molecule has 0 saturated heterocycles. The number of aryl methyl sites for hydroxylation is 1. The molecule has 0 atom stereocenters. The minimum absolute atomic E-state index is 0.118. The van der Waals surface area contributed by atoms with Crippen LogP contribution in [0.2, 0.25) is 0 Å². The number of carbonyl (C=O) groups excluding carboxylic acids is 1. The highest BCUT2D eigenvalue weighted by molar-refractivity contribution is 7.14. The second kappa shape index (κ2) is 7.40. The minimum atomic E-state index is -4.44. The molecule has 0 saturated carbocycles. The lowest BCUT2D eigenvalue weighted by Gasteiger charge is -2.08. The number of thiazole rings is 1. The van der Waals surface area contributed by atoms with Crippen molar-refractivity contribution < 1.29 is 22.7 Å². The average molecular weight is 392 g/mol. The van der Waals surface area contributed by atoms with Gasteiger partial charge in [0, 0.05) is 16.5 Å². The number of methoxy groups -OCH3 is 1. The SMILES string of the molecule is COc1ccc(C)cc1-c1csc(NC(=O)c2ccc(C(F)(F)F)cc2)n1. The van der Waals surface area contributed by atoms with Gasteiger partial charge in [-0.05, 0) is 43.3 Å². The van der Waals surface area contributed by atoms with Crippen molar-refractivity contribution in [3.8, 4) is 17.0 Å². The average Bonchev–Trinajstić information content (AvgIpc) is 3.09. The zero-order valence-corrected chi connectivity index (χ0v) is 15.2. The number of halogens is 3. The van der Waals surface area contributed by atoms with Crippen molar-refractivity contribution in [1.29, 1.82) is 0 Å². The Balaban J connectivity index is 1.78. The number of benzene rings is 2. The normalized spacial score (nSPS) is 11.3. The van der Waals surface area contributed by atoms with E-state index in [0.717, 1.165) is 35.4 Å². The van der Waals surface area contributed by atoms with E-state index in [0.29, 0.717) is 16.6 Å². The van der Waals surface area contributed by atoms with Crippen molar-refractivity contribution >= 4 is 22.4 Å². The first-order chi connectivity index (χ1) is 12.8. The van der Waals surface area contributed by atoms with Crippen molar-refractivity contribution in [2.75, 3.05) is 12.4 Å². The second-order valence-electron chi connectivity index (χ2n) is 5.77. The number of hydrogen-bond acceptors (Lipinski definition) is 4. The monoisotopic (exact) mass is 392 g/mol. The first-order valence-corrected chi connectivity index (χ1v) is 8.75. The number of rotatable bonds is 4. The molecule has 8 heteroatoms. The first-order valence-electron chi connectivity index (χ1n) is 7.87. The molecule has 0 aliphatic carbocycles. The summed E-state index contributed by atoms with van der Waals surface area (Å²) in [5, 5.41) is 4.73. The molecule has 3 rings (SSSR count). The van der Waals surface area contributed by atoms with E-state index in [1.165, 1.54) is 11.3 Å². The number of ether oxygens (including phenoxy) is 1. The van der Waals surface area contributed by atoms with E-state index in [2.05, 4.69) is 10.3 Å². The van der Waals surface area contributed by atoms with Crippen LogP contribution in [0.5, 0.6) is 5.75 Å². The van der Waals surface area contributed by atoms with Gasteiger partial charge in [-0.3, -0.25) is 10.1 Å². The number of nitrogens with zero attached hydrogens (tertiary/aromatic N) is 1. The summed E-state index contributed by atoms with van der Waals surface area (Å²) >= 11 is 1.22. The fourth-order valence-electron chi connectivity index (χ4n) is 2.46. The van der Waals surface area contributed by atoms with Gasteiger partial charge in [0.05, 0.1) is 18.4 Å². The van der Waals surface area contributed by atoms with Gasteiger partial charge in [-0.2, -0.15) is 13.2 Å². The van der Waals surface area contributed by atoms with Gasteiger partial charge in [0.2, 0.25) is 0 Å². The van der Waals surface area contributed by atoms with Gasteiger partial charge in [-0.25, -0.2) is 4.98 Å². The van der Waals surface area contributed by atoms with Gasteiger partial charge >= 0.3 is 6.18 Å². The standard InChI is InChI=1S/C19H15F3N2O2S/c1-11-3-8-16(26-2)14(9-11)15-10-27-18(23-15)24-17(25)12-4-6-13(7-5-12)19(20,21)22/h3-10H,1-2H3,(H,23,24,25). The largest absolute Gasteiger partial charge is 0.496 e. The Labute approximate surface area is 157 Å². The number of amides is 1. The van der Waals surface area contributed by atoms with Crippen LogP contribution in [0, 0.1) is 6.92 Å². The van der Waals surface area contributed by atoms with Crippen LogP contribution in [-0.2, 0) is 6.18 Å². The molecule has 140 valence electrons. The van der Waals surface area contributed by atoms with Crippen LogP contribution in [0.1, 0.15) is 21.5 Å². The summed E-state index contributed by atoms with van der Waals surface area (Å²) in [5.41, 5.74) is 1.79. The van der Waals surface area contributed by atoms with E-state index in [9.17, 15) is 18.0 Å². The quantitative estimate of drug-likeness (QED) is 0.647. The molecule has 1 aromatic heterocycles. The maximum Gasteiger partial charge on any atom is 0.416 e. The van der Waals surface area contributed by atoms with E-state index >= 15 is 0 Å². The summed E-state index contributed by atoms with van der Waals surface area (Å²) in [5.74, 6) is 0.132. The summed E-state index contributed by atoms with van der Waals surface area (Å²) in [4.78, 5) is 16.6. The zero-order valence-electron chi connectivity index (χ0n) is 14.4. The molecule has 0 aliphatic heterocycles. The van der Waals surface area contributed by atoms with Crippen LogP contribution < -0.4 is 10.1 Å². The van der Waals surface area contributed by atoms with Crippen LogP contribution in [0.4, 0.5) is 18.3 Å². The van der Waals surface area contributed by atoms with Gasteiger partial charge < -0.3 is 4.74 Å². The molecule has 0 radical (unpaired) electrons. The molecule has 1 amide bonds. The predicted molar refractivity (Wildman–Crippen MR) is 98.2 cm³/mol. The third kappa shape index (κ3) is 4.28. The van der Waals surface area contributed by atoms with Crippen LogP contribution in [0.15, 0.2) is 47.8 Å². The first kappa shape index (κ1) is 18.9. The van der Waals surface area contributed by atoms with Crippen molar-refractivity contribution in [2.45, 2.75) is 13.1 Å². The van der Waals surface area contributed by atoms with E-state index in [1.54, 1.807) is 12.5 Å². The number of aromatic nitrogens is 1. The summed E-state index contributed by atoms with van der Waals surface area (Å²) in [6.07, 6.45) is -4.44. The predicted octanol–water partition coefficient (Wildman–Crippen LogP) is 5.40. The summed E-state index contributed by atoms with van der Waals surface area (Å²) < 4.78 is 43.1. The van der Waals surface area contributed by atoms with Crippen molar-refractivity contribution in [3.05, 3.63) is 64.5 Å². The number of nitrogens with one attached hydrogen (secondary N) is 1. The molecular formula is C19H15F3N2O2S. The molecule has 0 aliphatic rings. The highest BCUT2D eigenvalue weighted by Gasteiger charge is 2.30. The lowest BCUT2D eigenvalue weighted by Crippen LogP contribution is -2.12. The summed E-state index contributed by atoms with van der Waals surface area (Å²) in [6.45, 7) is 1.95. The summed E-state index contributed by atoms with van der Waals surface area (Å²) in [7, 11) is 1.56. The van der Waals surface area contributed by atoms with Gasteiger partial charge in [-0.1, -0.05) is 11.6 Å². The molecule has 3 aromatic rings. The molecule has 2 aromatic carbocycles. The molecule has 27 heavy (non-hydrogen) atoms. The maximum absolute atomic E-state index is 12.6. The minimum Gasteiger partial charge on any atom is -0.496 e. The Morgan fingerprint density at radius 2 is 1.85 bits per heavy atom. The third-order valence-electron chi connectivity index (χ3n) is 3.83. The highest BCUT2D eigenvalue weighted by atomic mass is 32.1. The van der Waals surface area contributed by atoms with Crippen LogP contribution in [-0.4, -0.2) is 18.0 Å². The topological polar surface area (TPSA) is 51.2 Å². The third-order valence-corrected chi connectivity index (χ3v) is 4.59. The number of carbonyl (C=O) groups is 1. The zero-order chi connectivity index (χ0) is 19.6. The fraction of sp³-hybridized carbons (Fsp3) is 0.158. The molecule has 0 unspecified atom stereocenters. The van der Waals surface area contributed by atoms with Gasteiger partial charge in [0.1, 0.15) is 5.75 Å². The Hall–Kier alpha value is -2.87. The van der Waals surface area contributed by atoms with Crippen LogP contribution >= 0.6 is 11.3 Å². The van der Waals surface area contributed by atoms with Crippen LogP contribution in [0.25, 0.3) is 11.3 Å². The number of anilines is 1. The summed E-state index contributed by atoms with van der Waals surface area (Å²) in [6, 6.07) is 9.70. The smallest absolute Gasteiger partial charge is 0.416 e. The van der Waals surface area contributed by atoms with E-state index < -0.39 is 17.6 Å². The fourth-order valence-corrected chi connectivity index (χ4v) is 3.16. The molecule has 0 spiro atoms. The number of hydrogen-bond donors (Lipinski definition) is 1. The molecule has 4 nitrogen and oxygen atoms in total. The Morgan fingerprint density at radius 3 is 2.48 bits per heavy atom. The molecule has 0 bridgehead atoms. The van der Waals surface area contributed by atoms with E-state index in [-0.39, 0.29) is 5.56 Å². The van der Waals surface area contributed by atoms with E-state index in [4.69, 9.17) is 4.74 Å². The van der Waals surface area contributed by atoms with Crippen molar-refractivity contribution in [2.24, 2.45) is 0 Å². The van der Waals surface area contributed by atoms with Crippen molar-refractivity contribution in [1.82, 2.24) is 4.98 Å². The van der Waals surface area contributed by atoms with Gasteiger partial charge in [-0.15, -0.1) is 11.3 Å². The van der Waals surface area contributed by atoms with Gasteiger partial charge in [0.25, 0.3) is 5.91 Å². The maximum atomic E-state index is 12.6. The van der Waals surface area contributed by atoms with E-state index in [1.807, 2.05) is 25.1 Å². The Bertz CT molecular complexity index is 966. The molecule has 1 N–H and O–H groups in total. The molecular weight excluding hydrogens is 377 g/mol. The molecule has 0 fully saturated rings. The van der Waals surface area contributed by atoms with Crippen molar-refractivity contribution in [3.63, 3.8) is 0 Å². The Morgan fingerprint density at radius 1 is 1.15 bits per heavy atom. The molecule has 1 heterocycles.